The largest absolute Gasteiger partial charge is 0.441 e. The number of nitrogens with zero attached hydrogens (tertiary/aromatic N) is 1. The molecule has 3 aromatic carbocycles. The van der Waals surface area contributed by atoms with Gasteiger partial charge < -0.3 is 21.1 Å². The van der Waals surface area contributed by atoms with Gasteiger partial charge in [0.2, 0.25) is 0 Å². The molecule has 0 heterocycles. The van der Waals surface area contributed by atoms with E-state index < -0.39 is 12.2 Å². The number of nitrogens with one attached hydrogen (secondary N) is 2. The number of hydrogen-bond donors (Lipinski definition) is 3. The molecule has 1 fully saturated rings. The number of carbonyl (C=O) groups excluding carboxylic acids is 2. The Kier molecular flexibility index (Phi) is 12.8. The fraction of sp³-hybridized carbons (Fsp3) is 0.412. The SMILES string of the molecule is CCCC(NC(=O)c1cc(Br)c(N)c(CN(CC)C2CCCCC2)c1)OC(=O)Cc1ccccc1Nc1c(Cl)cccc1Cl. The van der Waals surface area contributed by atoms with Crippen LogP contribution in [0, 0.1) is 0 Å². The fourth-order valence-electron chi connectivity index (χ4n) is 5.66. The van der Waals surface area contributed by atoms with Crippen molar-refractivity contribution in [3.8, 4) is 0 Å². The highest BCUT2D eigenvalue weighted by atomic mass is 79.9. The van der Waals surface area contributed by atoms with Crippen LogP contribution >= 0.6 is 39.1 Å². The molecule has 4 rings (SSSR count). The highest BCUT2D eigenvalue weighted by molar-refractivity contribution is 9.10. The van der Waals surface area contributed by atoms with Crippen LogP contribution in [0.15, 0.2) is 59.1 Å². The van der Waals surface area contributed by atoms with E-state index in [1.165, 1.54) is 32.1 Å². The third kappa shape index (κ3) is 9.13. The molecule has 236 valence electrons. The van der Waals surface area contributed by atoms with E-state index in [4.69, 9.17) is 33.7 Å². The summed E-state index contributed by atoms with van der Waals surface area (Å²) in [7, 11) is 0. The molecule has 0 aliphatic heterocycles. The molecule has 1 aliphatic rings. The molecule has 1 unspecified atom stereocenters. The number of esters is 1. The Morgan fingerprint density at radius 2 is 1.73 bits per heavy atom. The van der Waals surface area contributed by atoms with Gasteiger partial charge in [0.1, 0.15) is 0 Å². The second-order valence-corrected chi connectivity index (χ2v) is 12.9. The summed E-state index contributed by atoms with van der Waals surface area (Å²) >= 11 is 16.2. The molecule has 7 nitrogen and oxygen atoms in total. The van der Waals surface area contributed by atoms with Gasteiger partial charge >= 0.3 is 5.97 Å². The van der Waals surface area contributed by atoms with Crippen molar-refractivity contribution in [2.75, 3.05) is 17.6 Å². The Labute approximate surface area is 278 Å². The molecular formula is C34H41BrCl2N4O3. The number of para-hydroxylation sites is 2. The number of ether oxygens (including phenoxy) is 1. The molecule has 1 amide bonds. The Morgan fingerprint density at radius 1 is 1.02 bits per heavy atom. The Hall–Kier alpha value is -2.78. The summed E-state index contributed by atoms with van der Waals surface area (Å²) in [6.07, 6.45) is 6.56. The summed E-state index contributed by atoms with van der Waals surface area (Å²) in [5.74, 6) is -0.789. The van der Waals surface area contributed by atoms with E-state index in [1.54, 1.807) is 24.3 Å². The van der Waals surface area contributed by atoms with Crippen molar-refractivity contribution < 1.29 is 14.3 Å². The second kappa shape index (κ2) is 16.5. The van der Waals surface area contributed by atoms with Gasteiger partial charge in [0.15, 0.2) is 6.23 Å². The summed E-state index contributed by atoms with van der Waals surface area (Å²) in [5.41, 5.74) is 10.4. The number of anilines is 3. The maximum atomic E-state index is 13.5. The minimum atomic E-state index is -0.785. The molecule has 44 heavy (non-hydrogen) atoms. The van der Waals surface area contributed by atoms with E-state index in [-0.39, 0.29) is 12.3 Å². The molecular weight excluding hydrogens is 663 g/mol. The first-order chi connectivity index (χ1) is 21.2. The van der Waals surface area contributed by atoms with E-state index >= 15 is 0 Å². The first-order valence-corrected chi connectivity index (χ1v) is 16.9. The molecule has 3 aromatic rings. The lowest BCUT2D eigenvalue weighted by atomic mass is 9.93. The topological polar surface area (TPSA) is 96.7 Å². The fourth-order valence-corrected chi connectivity index (χ4v) is 6.65. The molecule has 1 atom stereocenters. The van der Waals surface area contributed by atoms with Gasteiger partial charge in [-0.25, -0.2) is 0 Å². The minimum absolute atomic E-state index is 0.00703. The zero-order valence-corrected chi connectivity index (χ0v) is 28.4. The molecule has 1 aliphatic carbocycles. The van der Waals surface area contributed by atoms with Crippen molar-refractivity contribution in [2.24, 2.45) is 0 Å². The highest BCUT2D eigenvalue weighted by Gasteiger charge is 2.23. The normalized spacial score (nSPS) is 14.3. The lowest BCUT2D eigenvalue weighted by Gasteiger charge is -2.34. The van der Waals surface area contributed by atoms with E-state index in [0.717, 1.165) is 12.1 Å². The van der Waals surface area contributed by atoms with Crippen LogP contribution in [0.25, 0.3) is 0 Å². The van der Waals surface area contributed by atoms with Gasteiger partial charge in [0.25, 0.3) is 5.91 Å². The lowest BCUT2D eigenvalue weighted by Crippen LogP contribution is -2.39. The molecule has 4 N–H and O–H groups in total. The summed E-state index contributed by atoms with van der Waals surface area (Å²) in [4.78, 5) is 29.0. The standard InChI is InChI=1S/C34H41BrCl2N4O3/c1-3-11-30(44-31(42)20-22-12-8-9-17-29(22)39-33-27(36)15-10-16-28(33)37)40-34(43)23-18-24(32(38)26(35)19-23)21-41(4-2)25-13-6-5-7-14-25/h8-10,12,15-19,25,30,39H,3-7,11,13-14,20-21,38H2,1-2H3,(H,40,43). The summed E-state index contributed by atoms with van der Waals surface area (Å²) in [6, 6.07) is 16.7. The summed E-state index contributed by atoms with van der Waals surface area (Å²) < 4.78 is 6.46. The van der Waals surface area contributed by atoms with Crippen LogP contribution in [0.1, 0.15) is 80.3 Å². The van der Waals surface area contributed by atoms with E-state index in [2.05, 4.69) is 38.4 Å². The quantitative estimate of drug-likeness (QED) is 0.0935. The lowest BCUT2D eigenvalue weighted by molar-refractivity contribution is -0.149. The van der Waals surface area contributed by atoms with Gasteiger partial charge in [-0.1, -0.05) is 87.0 Å². The average molecular weight is 705 g/mol. The molecule has 0 radical (unpaired) electrons. The minimum Gasteiger partial charge on any atom is -0.441 e. The number of nitrogens with two attached hydrogens (primary N) is 1. The zero-order valence-electron chi connectivity index (χ0n) is 25.3. The van der Waals surface area contributed by atoms with Crippen LogP contribution in [0.5, 0.6) is 0 Å². The number of rotatable bonds is 13. The monoisotopic (exact) mass is 702 g/mol. The third-order valence-corrected chi connectivity index (χ3v) is 9.33. The Balaban J connectivity index is 1.44. The maximum absolute atomic E-state index is 13.5. The summed E-state index contributed by atoms with van der Waals surface area (Å²) in [6.45, 7) is 5.73. The first kappa shape index (κ1) is 34.1. The van der Waals surface area contributed by atoms with Crippen LogP contribution in [0.4, 0.5) is 17.1 Å². The van der Waals surface area contributed by atoms with E-state index in [1.807, 2.05) is 37.3 Å². The average Bonchev–Trinajstić information content (AvgIpc) is 3.01. The smallest absolute Gasteiger partial charge is 0.312 e. The number of hydrogen-bond acceptors (Lipinski definition) is 6. The third-order valence-electron chi connectivity index (χ3n) is 8.04. The Morgan fingerprint density at radius 3 is 2.41 bits per heavy atom. The molecule has 0 bridgehead atoms. The number of carbonyl (C=O) groups is 2. The van der Waals surface area contributed by atoms with Gasteiger partial charge in [-0.2, -0.15) is 0 Å². The van der Waals surface area contributed by atoms with Crippen molar-refractivity contribution in [1.82, 2.24) is 10.2 Å². The predicted octanol–water partition coefficient (Wildman–Crippen LogP) is 8.88. The Bertz CT molecular complexity index is 1430. The van der Waals surface area contributed by atoms with Crippen molar-refractivity contribution in [2.45, 2.75) is 84.0 Å². The van der Waals surface area contributed by atoms with Crippen molar-refractivity contribution in [3.63, 3.8) is 0 Å². The van der Waals surface area contributed by atoms with E-state index in [9.17, 15) is 9.59 Å². The van der Waals surface area contributed by atoms with Gasteiger partial charge in [-0.05, 0) is 76.8 Å². The first-order valence-electron chi connectivity index (χ1n) is 15.3. The van der Waals surface area contributed by atoms with Crippen molar-refractivity contribution in [3.05, 3.63) is 85.8 Å². The van der Waals surface area contributed by atoms with Crippen LogP contribution in [0.2, 0.25) is 10.0 Å². The predicted molar refractivity (Wildman–Crippen MR) is 184 cm³/mol. The van der Waals surface area contributed by atoms with Crippen LogP contribution < -0.4 is 16.4 Å². The number of benzene rings is 3. The van der Waals surface area contributed by atoms with Crippen molar-refractivity contribution in [1.29, 1.82) is 0 Å². The number of amides is 1. The zero-order chi connectivity index (χ0) is 31.6. The highest BCUT2D eigenvalue weighted by Crippen LogP contribution is 2.34. The van der Waals surface area contributed by atoms with Crippen molar-refractivity contribution >= 4 is 68.1 Å². The molecule has 0 spiro atoms. The van der Waals surface area contributed by atoms with Gasteiger partial charge in [-0.3, -0.25) is 14.5 Å². The van der Waals surface area contributed by atoms with Crippen LogP contribution in [-0.2, 0) is 22.5 Å². The molecule has 0 saturated heterocycles. The molecule has 0 aromatic heterocycles. The number of nitrogen functional groups attached to an aromatic ring is 1. The van der Waals surface area contributed by atoms with Crippen LogP contribution in [-0.4, -0.2) is 35.6 Å². The maximum Gasteiger partial charge on any atom is 0.312 e. The van der Waals surface area contributed by atoms with Gasteiger partial charge in [0, 0.05) is 34.7 Å². The molecule has 10 heteroatoms. The summed E-state index contributed by atoms with van der Waals surface area (Å²) in [5, 5.41) is 7.09. The van der Waals surface area contributed by atoms with Crippen LogP contribution in [0.3, 0.4) is 0 Å². The molecule has 1 saturated carbocycles. The van der Waals surface area contributed by atoms with Gasteiger partial charge in [0.05, 0.1) is 27.8 Å². The van der Waals surface area contributed by atoms with Gasteiger partial charge in [-0.15, -0.1) is 0 Å². The van der Waals surface area contributed by atoms with E-state index in [0.29, 0.717) is 68.1 Å². The second-order valence-electron chi connectivity index (χ2n) is 11.2. The number of halogens is 3.